The van der Waals surface area contributed by atoms with Gasteiger partial charge in [0.25, 0.3) is 5.91 Å². The van der Waals surface area contributed by atoms with E-state index in [2.05, 4.69) is 17.1 Å². The molecule has 1 N–H and O–H groups in total. The summed E-state index contributed by atoms with van der Waals surface area (Å²) in [6.07, 6.45) is 0. The lowest BCUT2D eigenvalue weighted by molar-refractivity contribution is -0.124. The Balaban J connectivity index is 1.82. The molecule has 118 valence electrons. The Morgan fingerprint density at radius 1 is 1.27 bits per heavy atom. The van der Waals surface area contributed by atoms with Crippen LogP contribution in [0.25, 0.3) is 0 Å². The number of likely N-dealkylation sites (N-methyl/N-ethyl adjacent to an activating group) is 1. The summed E-state index contributed by atoms with van der Waals surface area (Å²) in [5, 5.41) is 3.08. The Morgan fingerprint density at radius 3 is 2.82 bits per heavy atom. The van der Waals surface area contributed by atoms with Crippen LogP contribution in [0.2, 0.25) is 0 Å². The minimum Gasteiger partial charge on any atom is -0.350 e. The Labute approximate surface area is 131 Å². The predicted molar refractivity (Wildman–Crippen MR) is 84.6 cm³/mol. The molecule has 0 spiro atoms. The van der Waals surface area contributed by atoms with Gasteiger partial charge in [0.15, 0.2) is 0 Å². The molecule has 2 aliphatic heterocycles. The number of hydrogen-bond donors (Lipinski definition) is 1. The first-order valence-corrected chi connectivity index (χ1v) is 7.95. The first-order valence-electron chi connectivity index (χ1n) is 7.95. The topological polar surface area (TPSA) is 52.7 Å². The third-order valence-electron chi connectivity index (χ3n) is 4.56. The van der Waals surface area contributed by atoms with Crippen molar-refractivity contribution in [3.05, 3.63) is 35.4 Å². The van der Waals surface area contributed by atoms with Crippen LogP contribution in [-0.2, 0) is 4.79 Å². The third-order valence-corrected chi connectivity index (χ3v) is 4.56. The lowest BCUT2D eigenvalue weighted by atomic mass is 10.1. The molecular formula is C17H23N3O2. The number of nitrogens with zero attached hydrogens (tertiary/aromatic N) is 2. The fourth-order valence-electron chi connectivity index (χ4n) is 3.38. The Hall–Kier alpha value is -1.88. The molecule has 5 heteroatoms. The van der Waals surface area contributed by atoms with Crippen molar-refractivity contribution in [1.29, 1.82) is 0 Å². The quantitative estimate of drug-likeness (QED) is 0.882. The Bertz CT molecular complexity index is 587. The summed E-state index contributed by atoms with van der Waals surface area (Å²) in [5.74, 6) is -0.0261. The van der Waals surface area contributed by atoms with Crippen LogP contribution in [0.1, 0.15) is 22.8 Å². The third kappa shape index (κ3) is 2.99. The maximum Gasteiger partial charge on any atom is 0.253 e. The highest BCUT2D eigenvalue weighted by Crippen LogP contribution is 2.18. The molecule has 0 unspecified atom stereocenters. The first kappa shape index (κ1) is 15.0. The van der Waals surface area contributed by atoms with E-state index >= 15 is 0 Å². The minimum absolute atomic E-state index is 0.0220. The number of carbonyl (C=O) groups excluding carboxylic acids is 2. The fourth-order valence-corrected chi connectivity index (χ4v) is 3.38. The molecule has 0 aliphatic carbocycles. The second-order valence-corrected chi connectivity index (χ2v) is 6.33. The van der Waals surface area contributed by atoms with Crippen molar-refractivity contribution in [2.75, 3.05) is 32.7 Å². The molecule has 2 atom stereocenters. The van der Waals surface area contributed by atoms with E-state index in [4.69, 9.17) is 0 Å². The Morgan fingerprint density at radius 2 is 2.09 bits per heavy atom. The van der Waals surface area contributed by atoms with Crippen molar-refractivity contribution in [2.45, 2.75) is 19.9 Å². The van der Waals surface area contributed by atoms with Gasteiger partial charge in [0.05, 0.1) is 12.0 Å². The summed E-state index contributed by atoms with van der Waals surface area (Å²) in [6.45, 7) is 7.68. The van der Waals surface area contributed by atoms with Gasteiger partial charge in [-0.1, -0.05) is 24.6 Å². The maximum absolute atomic E-state index is 12.8. The first-order chi connectivity index (χ1) is 10.6. The van der Waals surface area contributed by atoms with Gasteiger partial charge in [0, 0.05) is 31.7 Å². The molecule has 3 rings (SSSR count). The summed E-state index contributed by atoms with van der Waals surface area (Å²) in [5.41, 5.74) is 1.78. The van der Waals surface area contributed by atoms with Gasteiger partial charge in [-0.2, -0.15) is 0 Å². The number of hydrogen-bond acceptors (Lipinski definition) is 3. The van der Waals surface area contributed by atoms with Gasteiger partial charge in [0.1, 0.15) is 0 Å². The van der Waals surface area contributed by atoms with Crippen molar-refractivity contribution in [3.63, 3.8) is 0 Å². The second kappa shape index (κ2) is 6.08. The summed E-state index contributed by atoms with van der Waals surface area (Å²) >= 11 is 0. The van der Waals surface area contributed by atoms with Crippen LogP contribution >= 0.6 is 0 Å². The molecule has 22 heavy (non-hydrogen) atoms. The van der Waals surface area contributed by atoms with Gasteiger partial charge in [-0.25, -0.2) is 0 Å². The van der Waals surface area contributed by atoms with Crippen molar-refractivity contribution >= 4 is 11.8 Å². The monoisotopic (exact) mass is 301 g/mol. The van der Waals surface area contributed by atoms with Crippen molar-refractivity contribution in [1.82, 2.24) is 15.1 Å². The number of benzene rings is 1. The molecule has 2 bridgehead atoms. The Kier molecular flexibility index (Phi) is 4.16. The molecule has 1 aromatic rings. The highest BCUT2D eigenvalue weighted by molar-refractivity contribution is 5.95. The number of nitrogens with one attached hydrogen (secondary N) is 1. The lowest BCUT2D eigenvalue weighted by Gasteiger charge is -2.32. The number of amides is 2. The number of carbonyl (C=O) groups is 2. The summed E-state index contributed by atoms with van der Waals surface area (Å²) < 4.78 is 0. The molecule has 0 saturated carbocycles. The zero-order chi connectivity index (χ0) is 15.7. The summed E-state index contributed by atoms with van der Waals surface area (Å²) in [6, 6.07) is 7.68. The highest BCUT2D eigenvalue weighted by atomic mass is 16.2. The van der Waals surface area contributed by atoms with Crippen LogP contribution in [0, 0.1) is 12.8 Å². The molecule has 2 amide bonds. The van der Waals surface area contributed by atoms with E-state index in [9.17, 15) is 9.59 Å². The largest absolute Gasteiger partial charge is 0.350 e. The molecule has 0 aromatic heterocycles. The zero-order valence-corrected chi connectivity index (χ0v) is 13.2. The molecule has 2 saturated heterocycles. The van der Waals surface area contributed by atoms with Crippen molar-refractivity contribution in [3.8, 4) is 0 Å². The average molecular weight is 301 g/mol. The van der Waals surface area contributed by atoms with E-state index in [1.165, 1.54) is 0 Å². The molecular weight excluding hydrogens is 278 g/mol. The van der Waals surface area contributed by atoms with E-state index in [0.29, 0.717) is 18.7 Å². The van der Waals surface area contributed by atoms with Crippen LogP contribution in [-0.4, -0.2) is 60.4 Å². The molecule has 5 nitrogen and oxygen atoms in total. The van der Waals surface area contributed by atoms with E-state index < -0.39 is 0 Å². The predicted octanol–water partition coefficient (Wildman–Crippen LogP) is 0.887. The van der Waals surface area contributed by atoms with Crippen LogP contribution < -0.4 is 5.32 Å². The number of rotatable bonds is 2. The van der Waals surface area contributed by atoms with E-state index in [0.717, 1.165) is 25.2 Å². The number of fused-ring (bicyclic) bond motifs is 3. The maximum atomic E-state index is 12.8. The summed E-state index contributed by atoms with van der Waals surface area (Å²) in [4.78, 5) is 29.1. The van der Waals surface area contributed by atoms with Gasteiger partial charge in [-0.3, -0.25) is 9.59 Å². The van der Waals surface area contributed by atoms with Gasteiger partial charge >= 0.3 is 0 Å². The minimum atomic E-state index is -0.138. The SMILES string of the molecule is CCN1C[C@H]2CN(C(=O)c3cccc(C)c3)C[C@@H](C1)C(=O)N2. The van der Waals surface area contributed by atoms with E-state index in [-0.39, 0.29) is 23.8 Å². The van der Waals surface area contributed by atoms with E-state index in [1.807, 2.05) is 36.1 Å². The normalized spacial score (nSPS) is 25.5. The van der Waals surface area contributed by atoms with Crippen LogP contribution in [0.3, 0.4) is 0 Å². The number of aryl methyl sites for hydroxylation is 1. The fraction of sp³-hybridized carbons (Fsp3) is 0.529. The van der Waals surface area contributed by atoms with Crippen LogP contribution in [0.15, 0.2) is 24.3 Å². The van der Waals surface area contributed by atoms with Crippen LogP contribution in [0.4, 0.5) is 0 Å². The summed E-state index contributed by atoms with van der Waals surface area (Å²) in [7, 11) is 0. The molecule has 2 heterocycles. The highest BCUT2D eigenvalue weighted by Gasteiger charge is 2.36. The lowest BCUT2D eigenvalue weighted by Crippen LogP contribution is -2.49. The van der Waals surface area contributed by atoms with Crippen molar-refractivity contribution < 1.29 is 9.59 Å². The molecule has 0 radical (unpaired) electrons. The van der Waals surface area contributed by atoms with Gasteiger partial charge in [0.2, 0.25) is 5.91 Å². The second-order valence-electron chi connectivity index (χ2n) is 6.33. The zero-order valence-electron chi connectivity index (χ0n) is 13.2. The van der Waals surface area contributed by atoms with Gasteiger partial charge in [-0.05, 0) is 25.6 Å². The molecule has 1 aromatic carbocycles. The van der Waals surface area contributed by atoms with E-state index in [1.54, 1.807) is 0 Å². The molecule has 2 aliphatic rings. The van der Waals surface area contributed by atoms with Gasteiger partial charge in [-0.15, -0.1) is 0 Å². The standard InChI is InChI=1S/C17H23N3O2/c1-3-19-8-14-9-20(11-15(10-19)18-16(14)21)17(22)13-6-4-5-12(2)7-13/h4-7,14-15H,3,8-11H2,1-2H3,(H,18,21)/t14-,15+/m1/s1. The average Bonchev–Trinajstić information content (AvgIpc) is 2.72. The van der Waals surface area contributed by atoms with Crippen LogP contribution in [0.5, 0.6) is 0 Å². The smallest absolute Gasteiger partial charge is 0.253 e. The van der Waals surface area contributed by atoms with Gasteiger partial charge < -0.3 is 15.1 Å². The van der Waals surface area contributed by atoms with Crippen molar-refractivity contribution in [2.24, 2.45) is 5.92 Å². The molecule has 2 fully saturated rings.